The van der Waals surface area contributed by atoms with Gasteiger partial charge in [0.25, 0.3) is 5.91 Å². The van der Waals surface area contributed by atoms with E-state index in [0.717, 1.165) is 18.4 Å². The molecule has 0 atom stereocenters. The van der Waals surface area contributed by atoms with E-state index in [9.17, 15) is 4.79 Å². The molecule has 1 N–H and O–H groups in total. The molecule has 5 nitrogen and oxygen atoms in total. The molecule has 1 aliphatic carbocycles. The lowest BCUT2D eigenvalue weighted by molar-refractivity contribution is 0.0925. The smallest absolute Gasteiger partial charge is 0.273 e. The number of benzene rings is 1. The second-order valence-corrected chi connectivity index (χ2v) is 6.30. The molecular weight excluding hydrogens is 288 g/mol. The molecule has 23 heavy (non-hydrogen) atoms. The van der Waals surface area contributed by atoms with Crippen molar-refractivity contribution in [2.24, 2.45) is 0 Å². The summed E-state index contributed by atoms with van der Waals surface area (Å²) in [6, 6.07) is 10.3. The van der Waals surface area contributed by atoms with Gasteiger partial charge in [0.1, 0.15) is 0 Å². The van der Waals surface area contributed by atoms with Gasteiger partial charge in [-0.1, -0.05) is 67.6 Å². The fraction of sp³-hybridized carbons (Fsp3) is 0.500. The van der Waals surface area contributed by atoms with Crippen LogP contribution in [0.15, 0.2) is 36.5 Å². The van der Waals surface area contributed by atoms with Crippen LogP contribution in [0.25, 0.3) is 0 Å². The van der Waals surface area contributed by atoms with Crippen molar-refractivity contribution in [1.29, 1.82) is 0 Å². The molecule has 5 heteroatoms. The van der Waals surface area contributed by atoms with Gasteiger partial charge in [-0.05, 0) is 18.4 Å². The van der Waals surface area contributed by atoms with E-state index in [1.165, 1.54) is 32.1 Å². The van der Waals surface area contributed by atoms with Crippen molar-refractivity contribution in [3.8, 4) is 0 Å². The molecule has 3 rings (SSSR count). The first-order valence-corrected chi connectivity index (χ1v) is 8.56. The third kappa shape index (κ3) is 4.65. The summed E-state index contributed by atoms with van der Waals surface area (Å²) >= 11 is 0. The van der Waals surface area contributed by atoms with Gasteiger partial charge in [0, 0.05) is 6.04 Å². The van der Waals surface area contributed by atoms with Crippen LogP contribution >= 0.6 is 0 Å². The molecule has 1 aromatic carbocycles. The number of hydrogen-bond acceptors (Lipinski definition) is 3. The van der Waals surface area contributed by atoms with Crippen LogP contribution in [0.4, 0.5) is 0 Å². The molecule has 0 bridgehead atoms. The maximum atomic E-state index is 12.3. The van der Waals surface area contributed by atoms with Crippen LogP contribution in [0.5, 0.6) is 0 Å². The van der Waals surface area contributed by atoms with E-state index < -0.39 is 0 Å². The highest BCUT2D eigenvalue weighted by Gasteiger charge is 2.17. The second kappa shape index (κ2) is 7.90. The van der Waals surface area contributed by atoms with E-state index in [-0.39, 0.29) is 11.9 Å². The Balaban J connectivity index is 1.57. The van der Waals surface area contributed by atoms with E-state index in [1.54, 1.807) is 10.9 Å². The van der Waals surface area contributed by atoms with Crippen LogP contribution < -0.4 is 5.32 Å². The maximum Gasteiger partial charge on any atom is 0.273 e. The van der Waals surface area contributed by atoms with Crippen molar-refractivity contribution >= 4 is 5.91 Å². The van der Waals surface area contributed by atoms with Crippen molar-refractivity contribution in [3.05, 3.63) is 47.8 Å². The zero-order valence-corrected chi connectivity index (χ0v) is 13.4. The summed E-state index contributed by atoms with van der Waals surface area (Å²) in [6.45, 7) is 0.630. The third-order valence-corrected chi connectivity index (χ3v) is 4.40. The molecule has 1 aliphatic rings. The Hall–Kier alpha value is -2.17. The van der Waals surface area contributed by atoms with Crippen molar-refractivity contribution in [1.82, 2.24) is 20.3 Å². The Kier molecular flexibility index (Phi) is 5.40. The maximum absolute atomic E-state index is 12.3. The van der Waals surface area contributed by atoms with Crippen LogP contribution in [-0.2, 0) is 6.54 Å². The van der Waals surface area contributed by atoms with Gasteiger partial charge in [-0.25, -0.2) is 4.68 Å². The number of hydrogen-bond donors (Lipinski definition) is 1. The van der Waals surface area contributed by atoms with Crippen LogP contribution in [-0.4, -0.2) is 26.9 Å². The van der Waals surface area contributed by atoms with Crippen molar-refractivity contribution < 1.29 is 4.79 Å². The molecular formula is C18H24N4O. The molecule has 1 amide bonds. The Bertz CT molecular complexity index is 615. The number of carbonyl (C=O) groups excluding carboxylic acids is 1. The molecule has 0 aliphatic heterocycles. The number of carbonyl (C=O) groups is 1. The summed E-state index contributed by atoms with van der Waals surface area (Å²) in [5, 5.41) is 11.2. The molecule has 2 aromatic rings. The number of amides is 1. The average molecular weight is 312 g/mol. The Labute approximate surface area is 137 Å². The molecule has 0 spiro atoms. The topological polar surface area (TPSA) is 59.8 Å². The lowest BCUT2D eigenvalue weighted by Crippen LogP contribution is -2.35. The highest BCUT2D eigenvalue weighted by Crippen LogP contribution is 2.17. The number of nitrogens with one attached hydrogen (secondary N) is 1. The lowest BCUT2D eigenvalue weighted by atomic mass is 9.97. The molecule has 0 unspecified atom stereocenters. The molecule has 1 heterocycles. The van der Waals surface area contributed by atoms with Crippen molar-refractivity contribution in [2.45, 2.75) is 57.5 Å². The van der Waals surface area contributed by atoms with Crippen molar-refractivity contribution in [2.75, 3.05) is 0 Å². The minimum atomic E-state index is -0.102. The zero-order valence-electron chi connectivity index (χ0n) is 13.4. The molecule has 0 radical (unpaired) electrons. The summed E-state index contributed by atoms with van der Waals surface area (Å²) in [5.74, 6) is -0.102. The summed E-state index contributed by atoms with van der Waals surface area (Å²) in [6.07, 6.45) is 10.2. The highest BCUT2D eigenvalue weighted by atomic mass is 16.2. The van der Waals surface area contributed by atoms with Crippen LogP contribution in [0.1, 0.15) is 61.0 Å². The minimum Gasteiger partial charge on any atom is -0.348 e. The van der Waals surface area contributed by atoms with Crippen LogP contribution in [0.2, 0.25) is 0 Å². The van der Waals surface area contributed by atoms with E-state index in [1.807, 2.05) is 30.3 Å². The predicted octanol–water partition coefficient (Wildman–Crippen LogP) is 3.17. The first-order chi connectivity index (χ1) is 11.3. The van der Waals surface area contributed by atoms with Gasteiger partial charge >= 0.3 is 0 Å². The lowest BCUT2D eigenvalue weighted by Gasteiger charge is -2.20. The zero-order chi connectivity index (χ0) is 15.9. The first-order valence-electron chi connectivity index (χ1n) is 8.56. The largest absolute Gasteiger partial charge is 0.348 e. The van der Waals surface area contributed by atoms with E-state index in [0.29, 0.717) is 12.2 Å². The normalized spacial score (nSPS) is 16.5. The van der Waals surface area contributed by atoms with E-state index in [4.69, 9.17) is 0 Å². The van der Waals surface area contributed by atoms with Gasteiger partial charge in [0.05, 0.1) is 12.7 Å². The van der Waals surface area contributed by atoms with Gasteiger partial charge in [-0.2, -0.15) is 0 Å². The second-order valence-electron chi connectivity index (χ2n) is 6.30. The fourth-order valence-corrected chi connectivity index (χ4v) is 3.11. The standard InChI is InChI=1S/C18H24N4O/c23-18(19-16-11-7-2-1-3-8-12-16)17-14-22(21-20-17)13-15-9-5-4-6-10-15/h4-6,9-10,14,16H,1-3,7-8,11-13H2,(H,19,23). The number of nitrogens with zero attached hydrogens (tertiary/aromatic N) is 3. The highest BCUT2D eigenvalue weighted by molar-refractivity contribution is 5.92. The van der Waals surface area contributed by atoms with Crippen molar-refractivity contribution in [3.63, 3.8) is 0 Å². The van der Waals surface area contributed by atoms with Gasteiger partial charge < -0.3 is 5.32 Å². The SMILES string of the molecule is O=C(NC1CCCCCCC1)c1cn(Cc2ccccc2)nn1. The average Bonchev–Trinajstić information content (AvgIpc) is 2.99. The number of rotatable bonds is 4. The monoisotopic (exact) mass is 312 g/mol. The summed E-state index contributed by atoms with van der Waals surface area (Å²) in [7, 11) is 0. The van der Waals surface area contributed by atoms with Gasteiger partial charge in [0.15, 0.2) is 5.69 Å². The summed E-state index contributed by atoms with van der Waals surface area (Å²) in [5.41, 5.74) is 1.55. The molecule has 1 fully saturated rings. The van der Waals surface area contributed by atoms with Gasteiger partial charge in [0.2, 0.25) is 0 Å². The van der Waals surface area contributed by atoms with Gasteiger partial charge in [-0.15, -0.1) is 5.10 Å². The fourth-order valence-electron chi connectivity index (χ4n) is 3.11. The van der Waals surface area contributed by atoms with Crippen LogP contribution in [0, 0.1) is 0 Å². The molecule has 122 valence electrons. The quantitative estimate of drug-likeness (QED) is 0.943. The first kappa shape index (κ1) is 15.7. The number of aromatic nitrogens is 3. The van der Waals surface area contributed by atoms with Gasteiger partial charge in [-0.3, -0.25) is 4.79 Å². The predicted molar refractivity (Wildman–Crippen MR) is 89.1 cm³/mol. The molecule has 1 aromatic heterocycles. The molecule has 1 saturated carbocycles. The van der Waals surface area contributed by atoms with E-state index >= 15 is 0 Å². The Morgan fingerprint density at radius 1 is 1.09 bits per heavy atom. The summed E-state index contributed by atoms with van der Waals surface area (Å²) < 4.78 is 1.71. The summed E-state index contributed by atoms with van der Waals surface area (Å²) in [4.78, 5) is 12.3. The van der Waals surface area contributed by atoms with E-state index in [2.05, 4.69) is 15.6 Å². The van der Waals surface area contributed by atoms with Crippen LogP contribution in [0.3, 0.4) is 0 Å². The third-order valence-electron chi connectivity index (χ3n) is 4.40. The minimum absolute atomic E-state index is 0.102. The Morgan fingerprint density at radius 2 is 1.78 bits per heavy atom. The molecule has 0 saturated heterocycles. The Morgan fingerprint density at radius 3 is 2.52 bits per heavy atom.